The van der Waals surface area contributed by atoms with Crippen LogP contribution in [0.1, 0.15) is 83.0 Å². The number of amides is 2. The standard InChI is InChI=1S/C32H32ClF3N2O4/c33-28-15-14-25(19-27(28)32(34,35)36)38-31(42)26(23-12-10-22(11-13-23)21-4-2-1-3-5-21)18-20-6-8-24(9-7-20)30(41)37-17-16-29(39)40/h6-15,19,21,26H,1-5,16-18H2,(H,37,41)(H,38,42)(H,39,40). The van der Waals surface area contributed by atoms with Crippen LogP contribution in [0, 0.1) is 0 Å². The Kier molecular flexibility index (Phi) is 10.3. The Balaban J connectivity index is 1.56. The Morgan fingerprint density at radius 3 is 2.21 bits per heavy atom. The van der Waals surface area contributed by atoms with E-state index >= 15 is 0 Å². The fourth-order valence-corrected chi connectivity index (χ4v) is 5.49. The number of halogens is 4. The smallest absolute Gasteiger partial charge is 0.417 e. The zero-order valence-corrected chi connectivity index (χ0v) is 23.6. The number of nitrogens with one attached hydrogen (secondary N) is 2. The second-order valence-electron chi connectivity index (χ2n) is 10.5. The predicted molar refractivity (Wildman–Crippen MR) is 155 cm³/mol. The second-order valence-corrected chi connectivity index (χ2v) is 10.9. The number of carboxylic acid groups (broad SMARTS) is 1. The van der Waals surface area contributed by atoms with Gasteiger partial charge in [-0.25, -0.2) is 0 Å². The summed E-state index contributed by atoms with van der Waals surface area (Å²) in [5, 5.41) is 13.5. The lowest BCUT2D eigenvalue weighted by atomic mass is 9.83. The predicted octanol–water partition coefficient (Wildman–Crippen LogP) is 7.58. The van der Waals surface area contributed by atoms with Gasteiger partial charge in [-0.3, -0.25) is 14.4 Å². The van der Waals surface area contributed by atoms with Gasteiger partial charge >= 0.3 is 12.1 Å². The quantitative estimate of drug-likeness (QED) is 0.224. The van der Waals surface area contributed by atoms with Gasteiger partial charge in [0.1, 0.15) is 0 Å². The zero-order valence-electron chi connectivity index (χ0n) is 22.8. The Morgan fingerprint density at radius 2 is 1.60 bits per heavy atom. The van der Waals surface area contributed by atoms with Crippen molar-refractivity contribution in [1.82, 2.24) is 5.32 Å². The van der Waals surface area contributed by atoms with Gasteiger partial charge in [0.2, 0.25) is 5.91 Å². The first-order valence-corrected chi connectivity index (χ1v) is 14.3. The number of benzene rings is 3. The maximum Gasteiger partial charge on any atom is 0.417 e. The molecule has 1 unspecified atom stereocenters. The Morgan fingerprint density at radius 1 is 0.929 bits per heavy atom. The highest BCUT2D eigenvalue weighted by Gasteiger charge is 2.34. The lowest BCUT2D eigenvalue weighted by Gasteiger charge is -2.23. The first-order chi connectivity index (χ1) is 20.0. The summed E-state index contributed by atoms with van der Waals surface area (Å²) in [4.78, 5) is 36.6. The molecule has 4 rings (SSSR count). The van der Waals surface area contributed by atoms with Crippen molar-refractivity contribution in [3.63, 3.8) is 0 Å². The number of carbonyl (C=O) groups excluding carboxylic acids is 2. The van der Waals surface area contributed by atoms with Crippen LogP contribution in [0.15, 0.2) is 66.7 Å². The summed E-state index contributed by atoms with van der Waals surface area (Å²) in [5.74, 6) is -2.17. The molecule has 3 aromatic rings. The third kappa shape index (κ3) is 8.35. The SMILES string of the molecule is O=C(O)CCNC(=O)c1ccc(CC(C(=O)Nc2ccc(Cl)c(C(F)(F)F)c2)c2ccc(C3CCCCC3)cc2)cc1. The highest BCUT2D eigenvalue weighted by atomic mass is 35.5. The van der Waals surface area contributed by atoms with Gasteiger partial charge < -0.3 is 15.7 Å². The van der Waals surface area contributed by atoms with Gasteiger partial charge in [0, 0.05) is 17.8 Å². The molecule has 1 saturated carbocycles. The fraction of sp³-hybridized carbons (Fsp3) is 0.344. The maximum atomic E-state index is 13.6. The molecular formula is C32H32ClF3N2O4. The molecule has 6 nitrogen and oxygen atoms in total. The van der Waals surface area contributed by atoms with Crippen LogP contribution in [-0.4, -0.2) is 29.4 Å². The largest absolute Gasteiger partial charge is 0.481 e. The molecule has 1 aliphatic rings. The lowest BCUT2D eigenvalue weighted by Crippen LogP contribution is -2.26. The van der Waals surface area contributed by atoms with Crippen molar-refractivity contribution in [2.24, 2.45) is 0 Å². The van der Waals surface area contributed by atoms with Gasteiger partial charge in [-0.05, 0) is 72.2 Å². The van der Waals surface area contributed by atoms with Gasteiger partial charge in [0.05, 0.1) is 22.9 Å². The number of alkyl halides is 3. The van der Waals surface area contributed by atoms with E-state index in [4.69, 9.17) is 16.7 Å². The minimum absolute atomic E-state index is 0.00420. The molecule has 0 aromatic heterocycles. The van der Waals surface area contributed by atoms with Crippen LogP contribution >= 0.6 is 11.6 Å². The van der Waals surface area contributed by atoms with Crippen LogP contribution in [0.2, 0.25) is 5.02 Å². The Hall–Kier alpha value is -3.85. The molecule has 0 aliphatic heterocycles. The molecule has 0 saturated heterocycles. The minimum atomic E-state index is -4.67. The van der Waals surface area contributed by atoms with Crippen LogP contribution in [0.3, 0.4) is 0 Å². The molecule has 1 atom stereocenters. The van der Waals surface area contributed by atoms with E-state index < -0.39 is 40.5 Å². The van der Waals surface area contributed by atoms with Crippen molar-refractivity contribution in [1.29, 1.82) is 0 Å². The molecule has 3 aromatic carbocycles. The van der Waals surface area contributed by atoms with Gasteiger partial charge in [0.25, 0.3) is 5.91 Å². The van der Waals surface area contributed by atoms with E-state index in [1.54, 1.807) is 24.3 Å². The number of carboxylic acids is 1. The molecular weight excluding hydrogens is 569 g/mol. The number of hydrogen-bond donors (Lipinski definition) is 3. The molecule has 3 N–H and O–H groups in total. The average molecular weight is 601 g/mol. The lowest BCUT2D eigenvalue weighted by molar-refractivity contribution is -0.138. The highest BCUT2D eigenvalue weighted by molar-refractivity contribution is 6.31. The first kappa shape index (κ1) is 31.1. The number of hydrogen-bond acceptors (Lipinski definition) is 3. The van der Waals surface area contributed by atoms with E-state index in [-0.39, 0.29) is 25.1 Å². The summed E-state index contributed by atoms with van der Waals surface area (Å²) >= 11 is 5.75. The first-order valence-electron chi connectivity index (χ1n) is 13.9. The van der Waals surface area contributed by atoms with Gasteiger partial charge in [-0.2, -0.15) is 13.2 Å². The summed E-state index contributed by atoms with van der Waals surface area (Å²) < 4.78 is 40.2. The van der Waals surface area contributed by atoms with Crippen molar-refractivity contribution < 1.29 is 32.7 Å². The maximum absolute atomic E-state index is 13.6. The summed E-state index contributed by atoms with van der Waals surface area (Å²) in [7, 11) is 0. The van der Waals surface area contributed by atoms with E-state index in [1.165, 1.54) is 30.9 Å². The topological polar surface area (TPSA) is 95.5 Å². The van der Waals surface area contributed by atoms with Crippen molar-refractivity contribution >= 4 is 35.1 Å². The van der Waals surface area contributed by atoms with Crippen LogP contribution < -0.4 is 10.6 Å². The Bertz CT molecular complexity index is 1400. The number of anilines is 1. The van der Waals surface area contributed by atoms with E-state index in [2.05, 4.69) is 10.6 Å². The fourth-order valence-electron chi connectivity index (χ4n) is 5.26. The molecule has 42 heavy (non-hydrogen) atoms. The van der Waals surface area contributed by atoms with Gasteiger partial charge in [0.15, 0.2) is 0 Å². The third-order valence-electron chi connectivity index (χ3n) is 7.55. The molecule has 0 radical (unpaired) electrons. The molecule has 0 spiro atoms. The molecule has 2 amide bonds. The normalized spacial score (nSPS) is 14.7. The highest BCUT2D eigenvalue weighted by Crippen LogP contribution is 2.37. The Labute approximate surface area is 247 Å². The number of aliphatic carboxylic acids is 1. The van der Waals surface area contributed by atoms with Crippen LogP contribution in [0.5, 0.6) is 0 Å². The molecule has 1 aliphatic carbocycles. The monoisotopic (exact) mass is 600 g/mol. The molecule has 222 valence electrons. The van der Waals surface area contributed by atoms with E-state index in [0.29, 0.717) is 17.0 Å². The summed E-state index contributed by atoms with van der Waals surface area (Å²) in [6.45, 7) is -0.00420. The van der Waals surface area contributed by atoms with Gasteiger partial charge in [-0.15, -0.1) is 0 Å². The summed E-state index contributed by atoms with van der Waals surface area (Å²) in [6, 6.07) is 17.7. The zero-order chi connectivity index (χ0) is 30.3. The van der Waals surface area contributed by atoms with Crippen molar-refractivity contribution in [3.05, 3.63) is 99.6 Å². The summed E-state index contributed by atoms with van der Waals surface area (Å²) in [5.41, 5.74) is 1.95. The molecule has 10 heteroatoms. The molecule has 1 fully saturated rings. The van der Waals surface area contributed by atoms with Gasteiger partial charge in [-0.1, -0.05) is 67.3 Å². The average Bonchev–Trinajstić information content (AvgIpc) is 2.97. The molecule has 0 bridgehead atoms. The van der Waals surface area contributed by atoms with E-state index in [9.17, 15) is 27.6 Å². The minimum Gasteiger partial charge on any atom is -0.481 e. The third-order valence-corrected chi connectivity index (χ3v) is 7.88. The van der Waals surface area contributed by atoms with Crippen molar-refractivity contribution in [3.8, 4) is 0 Å². The van der Waals surface area contributed by atoms with Crippen LogP contribution in [0.25, 0.3) is 0 Å². The van der Waals surface area contributed by atoms with Crippen LogP contribution in [0.4, 0.5) is 18.9 Å². The van der Waals surface area contributed by atoms with Crippen LogP contribution in [-0.2, 0) is 22.2 Å². The molecule has 0 heterocycles. The van der Waals surface area contributed by atoms with E-state index in [1.807, 2.05) is 24.3 Å². The number of rotatable bonds is 10. The summed E-state index contributed by atoms with van der Waals surface area (Å²) in [6.07, 6.45) is 1.22. The van der Waals surface area contributed by atoms with E-state index in [0.717, 1.165) is 30.5 Å². The second kappa shape index (κ2) is 13.9. The number of carbonyl (C=O) groups is 3. The van der Waals surface area contributed by atoms with Crippen molar-refractivity contribution in [2.45, 2.75) is 63.0 Å². The van der Waals surface area contributed by atoms with Crippen molar-refractivity contribution in [2.75, 3.05) is 11.9 Å².